The van der Waals surface area contributed by atoms with Gasteiger partial charge in [-0.25, -0.2) is 0 Å². The second-order valence-electron chi connectivity index (χ2n) is 6.30. The largest absolute Gasteiger partial charge is 0.342 e. The molecule has 6 nitrogen and oxygen atoms in total. The summed E-state index contributed by atoms with van der Waals surface area (Å²) in [5.74, 6) is -0.408. The van der Waals surface area contributed by atoms with Crippen molar-refractivity contribution in [2.45, 2.75) is 19.8 Å². The summed E-state index contributed by atoms with van der Waals surface area (Å²) in [6, 6.07) is 10.6. The van der Waals surface area contributed by atoms with Crippen LogP contribution in [0, 0.1) is 5.92 Å². The smallest absolute Gasteiger partial charge is 0.265 e. The van der Waals surface area contributed by atoms with Crippen molar-refractivity contribution in [1.29, 1.82) is 0 Å². The highest BCUT2D eigenvalue weighted by atomic mass is 32.1. The van der Waals surface area contributed by atoms with E-state index >= 15 is 0 Å². The van der Waals surface area contributed by atoms with E-state index in [0.29, 0.717) is 22.8 Å². The third-order valence-corrected chi connectivity index (χ3v) is 5.26. The van der Waals surface area contributed by atoms with Gasteiger partial charge in [-0.2, -0.15) is 0 Å². The molecule has 1 aliphatic rings. The quantitative estimate of drug-likeness (QED) is 0.866. The van der Waals surface area contributed by atoms with Crippen molar-refractivity contribution in [2.75, 3.05) is 23.7 Å². The SMILES string of the molecule is CC(=O)N1CCCC(C(=O)Nc2ccc(NC(=O)c3cccs3)cc2)C1. The van der Waals surface area contributed by atoms with Gasteiger partial charge in [0.05, 0.1) is 10.8 Å². The van der Waals surface area contributed by atoms with Gasteiger partial charge in [-0.1, -0.05) is 6.07 Å². The number of hydrogen-bond donors (Lipinski definition) is 2. The van der Waals surface area contributed by atoms with Crippen LogP contribution < -0.4 is 10.6 Å². The van der Waals surface area contributed by atoms with Crippen LogP contribution >= 0.6 is 11.3 Å². The molecule has 2 N–H and O–H groups in total. The van der Waals surface area contributed by atoms with Crippen molar-refractivity contribution in [2.24, 2.45) is 5.92 Å². The minimum atomic E-state index is -0.189. The highest BCUT2D eigenvalue weighted by Gasteiger charge is 2.27. The van der Waals surface area contributed by atoms with Crippen molar-refractivity contribution in [3.05, 3.63) is 46.7 Å². The van der Waals surface area contributed by atoms with Crippen LogP contribution in [0.1, 0.15) is 29.4 Å². The number of amides is 3. The first-order valence-electron chi connectivity index (χ1n) is 8.54. The van der Waals surface area contributed by atoms with Gasteiger partial charge in [-0.15, -0.1) is 11.3 Å². The summed E-state index contributed by atoms with van der Waals surface area (Å²) in [7, 11) is 0. The third-order valence-electron chi connectivity index (χ3n) is 4.39. The zero-order chi connectivity index (χ0) is 18.5. The summed E-state index contributed by atoms with van der Waals surface area (Å²) in [5, 5.41) is 7.57. The van der Waals surface area contributed by atoms with E-state index in [1.165, 1.54) is 18.3 Å². The Hall–Kier alpha value is -2.67. The Kier molecular flexibility index (Phi) is 5.68. The molecule has 2 aromatic rings. The Morgan fingerprint density at radius 2 is 1.77 bits per heavy atom. The summed E-state index contributed by atoms with van der Waals surface area (Å²) in [4.78, 5) is 38.3. The molecular weight excluding hydrogens is 350 g/mol. The Morgan fingerprint density at radius 1 is 1.08 bits per heavy atom. The summed E-state index contributed by atoms with van der Waals surface area (Å²) in [6.45, 7) is 2.72. The van der Waals surface area contributed by atoms with Crippen LogP contribution in [0.25, 0.3) is 0 Å². The average Bonchev–Trinajstić information content (AvgIpc) is 3.18. The molecule has 1 aliphatic heterocycles. The number of piperidine rings is 1. The van der Waals surface area contributed by atoms with Crippen molar-refractivity contribution >= 4 is 40.4 Å². The first-order valence-corrected chi connectivity index (χ1v) is 9.42. The second kappa shape index (κ2) is 8.14. The second-order valence-corrected chi connectivity index (χ2v) is 7.25. The van der Waals surface area contributed by atoms with Crippen LogP contribution in [-0.4, -0.2) is 35.7 Å². The van der Waals surface area contributed by atoms with Crippen molar-refractivity contribution in [1.82, 2.24) is 4.90 Å². The molecule has 1 fully saturated rings. The van der Waals surface area contributed by atoms with E-state index in [-0.39, 0.29) is 23.6 Å². The van der Waals surface area contributed by atoms with Gasteiger partial charge >= 0.3 is 0 Å². The maximum absolute atomic E-state index is 12.4. The number of anilines is 2. The third kappa shape index (κ3) is 4.49. The summed E-state index contributed by atoms with van der Waals surface area (Å²) in [5.41, 5.74) is 1.34. The van der Waals surface area contributed by atoms with Crippen LogP contribution in [0.3, 0.4) is 0 Å². The lowest BCUT2D eigenvalue weighted by Crippen LogP contribution is -2.42. The molecule has 0 saturated carbocycles. The van der Waals surface area contributed by atoms with Crippen LogP contribution in [0.4, 0.5) is 11.4 Å². The molecule has 136 valence electrons. The molecule has 3 rings (SSSR count). The molecule has 2 heterocycles. The fourth-order valence-electron chi connectivity index (χ4n) is 2.96. The lowest BCUT2D eigenvalue weighted by molar-refractivity contribution is -0.132. The van der Waals surface area contributed by atoms with Crippen LogP contribution in [0.2, 0.25) is 0 Å². The first kappa shape index (κ1) is 18.1. The van der Waals surface area contributed by atoms with E-state index in [1.807, 2.05) is 11.4 Å². The summed E-state index contributed by atoms with van der Waals surface area (Å²) >= 11 is 1.38. The number of nitrogens with zero attached hydrogens (tertiary/aromatic N) is 1. The minimum absolute atomic E-state index is 0.00772. The molecule has 1 saturated heterocycles. The normalized spacial score (nSPS) is 16.8. The maximum Gasteiger partial charge on any atom is 0.265 e. The van der Waals surface area contributed by atoms with Crippen molar-refractivity contribution in [3.63, 3.8) is 0 Å². The standard InChI is InChI=1S/C19H21N3O3S/c1-13(23)22-10-2-4-14(12-22)18(24)20-15-6-8-16(9-7-15)21-19(25)17-5-3-11-26-17/h3,5-9,11,14H,2,4,10,12H2,1H3,(H,20,24)(H,21,25). The molecule has 26 heavy (non-hydrogen) atoms. The lowest BCUT2D eigenvalue weighted by Gasteiger charge is -2.31. The molecule has 0 bridgehead atoms. The number of benzene rings is 1. The van der Waals surface area contributed by atoms with E-state index in [1.54, 1.807) is 35.2 Å². The fraction of sp³-hybridized carbons (Fsp3) is 0.316. The number of rotatable bonds is 4. The zero-order valence-electron chi connectivity index (χ0n) is 14.5. The number of carbonyl (C=O) groups excluding carboxylic acids is 3. The Morgan fingerprint density at radius 3 is 2.38 bits per heavy atom. The molecule has 3 amide bonds. The molecule has 1 aromatic heterocycles. The molecule has 7 heteroatoms. The Bertz CT molecular complexity index is 787. The molecule has 1 unspecified atom stereocenters. The number of likely N-dealkylation sites (tertiary alicyclic amines) is 1. The van der Waals surface area contributed by atoms with Gasteiger partial charge in [0.2, 0.25) is 11.8 Å². The van der Waals surface area contributed by atoms with E-state index in [4.69, 9.17) is 0 Å². The summed E-state index contributed by atoms with van der Waals surface area (Å²) in [6.07, 6.45) is 1.62. The summed E-state index contributed by atoms with van der Waals surface area (Å²) < 4.78 is 0. The predicted octanol–water partition coefficient (Wildman–Crippen LogP) is 3.20. The van der Waals surface area contributed by atoms with Gasteiger partial charge < -0.3 is 15.5 Å². The molecule has 0 aliphatic carbocycles. The molecule has 1 atom stereocenters. The van der Waals surface area contributed by atoms with Gasteiger partial charge in [0.15, 0.2) is 0 Å². The molecular formula is C19H21N3O3S. The van der Waals surface area contributed by atoms with Crippen LogP contribution in [0.15, 0.2) is 41.8 Å². The van der Waals surface area contributed by atoms with Crippen molar-refractivity contribution in [3.8, 4) is 0 Å². The predicted molar refractivity (Wildman–Crippen MR) is 102 cm³/mol. The molecule has 1 aromatic carbocycles. The zero-order valence-corrected chi connectivity index (χ0v) is 15.3. The van der Waals surface area contributed by atoms with E-state index in [9.17, 15) is 14.4 Å². The monoisotopic (exact) mass is 371 g/mol. The van der Waals surface area contributed by atoms with E-state index in [2.05, 4.69) is 10.6 Å². The Balaban J connectivity index is 1.56. The van der Waals surface area contributed by atoms with Gasteiger partial charge in [0, 0.05) is 31.4 Å². The number of carbonyl (C=O) groups is 3. The topological polar surface area (TPSA) is 78.5 Å². The van der Waals surface area contributed by atoms with Gasteiger partial charge in [0.25, 0.3) is 5.91 Å². The number of hydrogen-bond acceptors (Lipinski definition) is 4. The van der Waals surface area contributed by atoms with Gasteiger partial charge in [-0.05, 0) is 48.6 Å². The molecule has 0 radical (unpaired) electrons. The Labute approximate surface area is 156 Å². The van der Waals surface area contributed by atoms with Crippen LogP contribution in [0.5, 0.6) is 0 Å². The average molecular weight is 371 g/mol. The lowest BCUT2D eigenvalue weighted by atomic mass is 9.97. The number of nitrogens with one attached hydrogen (secondary N) is 2. The number of thiophene rings is 1. The highest BCUT2D eigenvalue weighted by Crippen LogP contribution is 2.20. The fourth-order valence-corrected chi connectivity index (χ4v) is 3.58. The van der Waals surface area contributed by atoms with Gasteiger partial charge in [-0.3, -0.25) is 14.4 Å². The van der Waals surface area contributed by atoms with Gasteiger partial charge in [0.1, 0.15) is 0 Å². The highest BCUT2D eigenvalue weighted by molar-refractivity contribution is 7.12. The van der Waals surface area contributed by atoms with E-state index in [0.717, 1.165) is 19.4 Å². The minimum Gasteiger partial charge on any atom is -0.342 e. The van der Waals surface area contributed by atoms with Crippen LogP contribution in [-0.2, 0) is 9.59 Å². The maximum atomic E-state index is 12.4. The molecule has 0 spiro atoms. The first-order chi connectivity index (χ1) is 12.5. The van der Waals surface area contributed by atoms with E-state index < -0.39 is 0 Å². The van der Waals surface area contributed by atoms with Crippen molar-refractivity contribution < 1.29 is 14.4 Å².